The van der Waals surface area contributed by atoms with Gasteiger partial charge in [-0.15, -0.1) is 5.10 Å². The highest BCUT2D eigenvalue weighted by Gasteiger charge is 2.08. The maximum absolute atomic E-state index is 11.9. The lowest BCUT2D eigenvalue weighted by atomic mass is 10.2. The molecular formula is C13H16BrN5O. The number of amides is 1. The lowest BCUT2D eigenvalue weighted by Gasteiger charge is -2.07. The quantitative estimate of drug-likeness (QED) is 0.865. The van der Waals surface area contributed by atoms with Gasteiger partial charge in [0.05, 0.1) is 11.4 Å². The molecule has 1 aromatic heterocycles. The number of nitrogens with one attached hydrogen (secondary N) is 1. The third-order valence-corrected chi connectivity index (χ3v) is 3.35. The zero-order valence-corrected chi connectivity index (χ0v) is 12.7. The van der Waals surface area contributed by atoms with E-state index in [1.54, 1.807) is 6.20 Å². The number of benzene rings is 1. The van der Waals surface area contributed by atoms with Gasteiger partial charge in [0.1, 0.15) is 6.54 Å². The summed E-state index contributed by atoms with van der Waals surface area (Å²) in [5.74, 6) is -0.154. The topological polar surface area (TPSA) is 85.8 Å². The van der Waals surface area contributed by atoms with Crippen LogP contribution in [0.3, 0.4) is 0 Å². The van der Waals surface area contributed by atoms with Crippen molar-refractivity contribution < 1.29 is 4.79 Å². The molecule has 20 heavy (non-hydrogen) atoms. The number of halogens is 1. The van der Waals surface area contributed by atoms with Crippen molar-refractivity contribution in [3.63, 3.8) is 0 Å². The number of nitrogens with two attached hydrogens (primary N) is 1. The average Bonchev–Trinajstić information content (AvgIpc) is 2.81. The van der Waals surface area contributed by atoms with Crippen molar-refractivity contribution in [3.8, 4) is 0 Å². The van der Waals surface area contributed by atoms with E-state index in [0.717, 1.165) is 21.4 Å². The molecule has 0 unspecified atom stereocenters. The first kappa shape index (κ1) is 14.7. The normalized spacial score (nSPS) is 10.6. The Morgan fingerprint density at radius 1 is 1.50 bits per heavy atom. The monoisotopic (exact) mass is 337 g/mol. The van der Waals surface area contributed by atoms with E-state index >= 15 is 0 Å². The fourth-order valence-corrected chi connectivity index (χ4v) is 2.33. The lowest BCUT2D eigenvalue weighted by molar-refractivity contribution is -0.116. The average molecular weight is 338 g/mol. The molecule has 6 nitrogen and oxygen atoms in total. The van der Waals surface area contributed by atoms with Gasteiger partial charge in [0.25, 0.3) is 0 Å². The smallest absolute Gasteiger partial charge is 0.246 e. The minimum absolute atomic E-state index is 0.123. The Kier molecular flexibility index (Phi) is 4.86. The summed E-state index contributed by atoms with van der Waals surface area (Å²) in [6.07, 6.45) is 2.39. The number of nitrogens with zero attached hydrogens (tertiary/aromatic N) is 3. The molecule has 0 saturated carbocycles. The minimum atomic E-state index is -0.154. The van der Waals surface area contributed by atoms with E-state index < -0.39 is 0 Å². The number of aryl methyl sites for hydroxylation is 1. The first-order valence-electron chi connectivity index (χ1n) is 6.23. The standard InChI is InChI=1S/C13H16BrN5O/c1-9-2-3-12(11(14)6-9)16-13(20)8-19-7-10(4-5-15)17-18-19/h2-3,6-7H,4-5,8,15H2,1H3,(H,16,20). The molecule has 0 bridgehead atoms. The predicted octanol–water partition coefficient (Wildman–Crippen LogP) is 1.49. The Morgan fingerprint density at radius 3 is 3.00 bits per heavy atom. The Labute approximate surface area is 125 Å². The number of hydrogen-bond donors (Lipinski definition) is 2. The third kappa shape index (κ3) is 3.88. The summed E-state index contributed by atoms with van der Waals surface area (Å²) in [6.45, 7) is 2.63. The maximum atomic E-state index is 11.9. The fraction of sp³-hybridized carbons (Fsp3) is 0.308. The van der Waals surface area contributed by atoms with E-state index in [1.165, 1.54) is 4.68 Å². The van der Waals surface area contributed by atoms with Crippen molar-refractivity contribution in [1.82, 2.24) is 15.0 Å². The summed E-state index contributed by atoms with van der Waals surface area (Å²) in [7, 11) is 0. The largest absolute Gasteiger partial charge is 0.330 e. The van der Waals surface area contributed by atoms with Crippen LogP contribution < -0.4 is 11.1 Å². The summed E-state index contributed by atoms with van der Waals surface area (Å²) in [5, 5.41) is 10.7. The molecule has 0 aliphatic heterocycles. The van der Waals surface area contributed by atoms with Gasteiger partial charge in [-0.1, -0.05) is 11.3 Å². The third-order valence-electron chi connectivity index (χ3n) is 2.69. The highest BCUT2D eigenvalue weighted by atomic mass is 79.9. The molecule has 7 heteroatoms. The van der Waals surface area contributed by atoms with Gasteiger partial charge in [0.15, 0.2) is 0 Å². The predicted molar refractivity (Wildman–Crippen MR) is 80.3 cm³/mol. The van der Waals surface area contributed by atoms with Crippen LogP contribution in [0.15, 0.2) is 28.9 Å². The highest BCUT2D eigenvalue weighted by molar-refractivity contribution is 9.10. The molecule has 0 atom stereocenters. The van der Waals surface area contributed by atoms with E-state index in [2.05, 4.69) is 31.6 Å². The number of carbonyl (C=O) groups is 1. The molecule has 0 spiro atoms. The van der Waals surface area contributed by atoms with Crippen molar-refractivity contribution in [1.29, 1.82) is 0 Å². The summed E-state index contributed by atoms with van der Waals surface area (Å²) in [4.78, 5) is 11.9. The van der Waals surface area contributed by atoms with Gasteiger partial charge < -0.3 is 11.1 Å². The second-order valence-electron chi connectivity index (χ2n) is 4.48. The fourth-order valence-electron chi connectivity index (χ4n) is 1.74. The highest BCUT2D eigenvalue weighted by Crippen LogP contribution is 2.23. The molecule has 3 N–H and O–H groups in total. The van der Waals surface area contributed by atoms with Crippen LogP contribution in [0.1, 0.15) is 11.3 Å². The summed E-state index contributed by atoms with van der Waals surface area (Å²) < 4.78 is 2.36. The molecule has 2 rings (SSSR count). The number of anilines is 1. The molecule has 0 aliphatic carbocycles. The zero-order valence-electron chi connectivity index (χ0n) is 11.1. The molecule has 0 fully saturated rings. The van der Waals surface area contributed by atoms with Crippen LogP contribution in [-0.4, -0.2) is 27.4 Å². The lowest BCUT2D eigenvalue weighted by Crippen LogP contribution is -2.19. The molecule has 106 valence electrons. The number of aromatic nitrogens is 3. The minimum Gasteiger partial charge on any atom is -0.330 e. The Balaban J connectivity index is 1.97. The van der Waals surface area contributed by atoms with Gasteiger partial charge in [-0.3, -0.25) is 4.79 Å². The molecular weight excluding hydrogens is 322 g/mol. The van der Waals surface area contributed by atoms with Crippen LogP contribution in [-0.2, 0) is 17.8 Å². The summed E-state index contributed by atoms with van der Waals surface area (Å²) >= 11 is 3.42. The number of rotatable bonds is 5. The Bertz CT molecular complexity index is 611. The van der Waals surface area contributed by atoms with Crippen LogP contribution in [0.4, 0.5) is 5.69 Å². The number of hydrogen-bond acceptors (Lipinski definition) is 4. The summed E-state index contributed by atoms with van der Waals surface area (Å²) in [6, 6.07) is 5.75. The molecule has 0 aliphatic rings. The van der Waals surface area contributed by atoms with Crippen LogP contribution >= 0.6 is 15.9 Å². The van der Waals surface area contributed by atoms with E-state index in [4.69, 9.17) is 5.73 Å². The van der Waals surface area contributed by atoms with Gasteiger partial charge in [0.2, 0.25) is 5.91 Å². The summed E-state index contributed by atoms with van der Waals surface area (Å²) in [5.41, 5.74) is 8.09. The van der Waals surface area contributed by atoms with Crippen LogP contribution in [0.25, 0.3) is 0 Å². The van der Waals surface area contributed by atoms with Gasteiger partial charge in [-0.25, -0.2) is 4.68 Å². The molecule has 1 amide bonds. The second-order valence-corrected chi connectivity index (χ2v) is 5.33. The van der Waals surface area contributed by atoms with Gasteiger partial charge in [-0.05, 0) is 47.1 Å². The van der Waals surface area contributed by atoms with Gasteiger partial charge >= 0.3 is 0 Å². The molecule has 1 heterocycles. The first-order chi connectivity index (χ1) is 9.58. The maximum Gasteiger partial charge on any atom is 0.246 e. The molecule has 0 radical (unpaired) electrons. The van der Waals surface area contributed by atoms with Crippen molar-refractivity contribution in [2.24, 2.45) is 5.73 Å². The van der Waals surface area contributed by atoms with E-state index in [9.17, 15) is 4.79 Å². The van der Waals surface area contributed by atoms with E-state index in [0.29, 0.717) is 13.0 Å². The van der Waals surface area contributed by atoms with Crippen molar-refractivity contribution in [3.05, 3.63) is 40.1 Å². The van der Waals surface area contributed by atoms with Crippen LogP contribution in [0, 0.1) is 6.92 Å². The molecule has 2 aromatic rings. The van der Waals surface area contributed by atoms with Crippen LogP contribution in [0.5, 0.6) is 0 Å². The van der Waals surface area contributed by atoms with Crippen molar-refractivity contribution in [2.75, 3.05) is 11.9 Å². The first-order valence-corrected chi connectivity index (χ1v) is 7.03. The Morgan fingerprint density at radius 2 is 2.30 bits per heavy atom. The Hall–Kier alpha value is -1.73. The van der Waals surface area contributed by atoms with Crippen LogP contribution in [0.2, 0.25) is 0 Å². The second kappa shape index (κ2) is 6.62. The SMILES string of the molecule is Cc1ccc(NC(=O)Cn2cc(CCN)nn2)c(Br)c1. The van der Waals surface area contributed by atoms with Crippen molar-refractivity contribution in [2.45, 2.75) is 19.9 Å². The van der Waals surface area contributed by atoms with Gasteiger partial charge in [0, 0.05) is 17.1 Å². The van der Waals surface area contributed by atoms with E-state index in [-0.39, 0.29) is 12.5 Å². The number of carbonyl (C=O) groups excluding carboxylic acids is 1. The molecule has 0 saturated heterocycles. The van der Waals surface area contributed by atoms with Gasteiger partial charge in [-0.2, -0.15) is 0 Å². The van der Waals surface area contributed by atoms with E-state index in [1.807, 2.05) is 25.1 Å². The van der Waals surface area contributed by atoms with Crippen molar-refractivity contribution >= 4 is 27.5 Å². The zero-order chi connectivity index (χ0) is 14.5. The molecule has 1 aromatic carbocycles.